The highest BCUT2D eigenvalue weighted by Gasteiger charge is 2.20. The van der Waals surface area contributed by atoms with E-state index < -0.39 is 0 Å². The summed E-state index contributed by atoms with van der Waals surface area (Å²) in [6.07, 6.45) is 3.50. The highest BCUT2D eigenvalue weighted by Crippen LogP contribution is 2.24. The number of rotatable bonds is 2. The van der Waals surface area contributed by atoms with Crippen LogP contribution >= 0.6 is 11.8 Å². The molecule has 5 nitrogen and oxygen atoms in total. The Balaban J connectivity index is 2.07. The smallest absolute Gasteiger partial charge is 0.197 e. The third kappa shape index (κ3) is 2.28. The third-order valence-corrected chi connectivity index (χ3v) is 4.77. The van der Waals surface area contributed by atoms with E-state index in [1.807, 2.05) is 23.4 Å². The van der Waals surface area contributed by atoms with Gasteiger partial charge in [-0.3, -0.25) is 0 Å². The van der Waals surface area contributed by atoms with Crippen LogP contribution in [-0.4, -0.2) is 44.3 Å². The zero-order valence-electron chi connectivity index (χ0n) is 12.1. The van der Waals surface area contributed by atoms with E-state index in [-0.39, 0.29) is 0 Å². The average molecular weight is 289 g/mol. The van der Waals surface area contributed by atoms with Gasteiger partial charge in [-0.15, -0.1) is 0 Å². The summed E-state index contributed by atoms with van der Waals surface area (Å²) in [4.78, 5) is 11.4. The molecule has 0 atom stereocenters. The average Bonchev–Trinajstić information content (AvgIpc) is 2.76. The van der Waals surface area contributed by atoms with Gasteiger partial charge in [-0.1, -0.05) is 0 Å². The van der Waals surface area contributed by atoms with Gasteiger partial charge in [0.25, 0.3) is 0 Å². The molecule has 0 N–H and O–H groups in total. The Morgan fingerprint density at radius 2 is 1.65 bits per heavy atom. The highest BCUT2D eigenvalue weighted by molar-refractivity contribution is 7.99. The van der Waals surface area contributed by atoms with Crippen LogP contribution < -0.4 is 4.90 Å². The topological polar surface area (TPSA) is 46.8 Å². The van der Waals surface area contributed by atoms with Gasteiger partial charge in [-0.05, 0) is 26.3 Å². The summed E-state index contributed by atoms with van der Waals surface area (Å²) in [7, 11) is 0. The van der Waals surface area contributed by atoms with Crippen LogP contribution in [0.2, 0.25) is 0 Å². The lowest BCUT2D eigenvalue weighted by Gasteiger charge is -2.28. The minimum absolute atomic E-state index is 0.841. The number of hydrogen-bond donors (Lipinski definition) is 0. The molecule has 0 aromatic carbocycles. The van der Waals surface area contributed by atoms with Crippen molar-refractivity contribution in [3.8, 4) is 5.82 Å². The van der Waals surface area contributed by atoms with Gasteiger partial charge < -0.3 is 4.90 Å². The first-order valence-corrected chi connectivity index (χ1v) is 8.01. The second-order valence-electron chi connectivity index (χ2n) is 5.01. The summed E-state index contributed by atoms with van der Waals surface area (Å²) in [5, 5.41) is 4.62. The molecular weight excluding hydrogens is 270 g/mol. The summed E-state index contributed by atoms with van der Waals surface area (Å²) in [5.74, 6) is 4.07. The Labute approximate surface area is 123 Å². The molecule has 1 fully saturated rings. The van der Waals surface area contributed by atoms with Gasteiger partial charge in [0, 0.05) is 42.7 Å². The first kappa shape index (κ1) is 13.4. The number of hydrogen-bond acceptors (Lipinski definition) is 5. The molecule has 1 saturated heterocycles. The Morgan fingerprint density at radius 1 is 1.00 bits per heavy atom. The number of thioether (sulfide) groups is 1. The maximum atomic E-state index is 4.62. The van der Waals surface area contributed by atoms with Crippen LogP contribution in [0.25, 0.3) is 5.82 Å². The van der Waals surface area contributed by atoms with Crippen molar-refractivity contribution in [2.75, 3.05) is 29.5 Å². The van der Waals surface area contributed by atoms with Gasteiger partial charge in [0.1, 0.15) is 0 Å². The molecule has 0 radical (unpaired) electrons. The molecule has 0 aliphatic carbocycles. The van der Waals surface area contributed by atoms with Crippen LogP contribution in [0.15, 0.2) is 12.4 Å². The highest BCUT2D eigenvalue weighted by atomic mass is 32.2. The lowest BCUT2D eigenvalue weighted by atomic mass is 10.2. The van der Waals surface area contributed by atoms with Crippen molar-refractivity contribution in [1.29, 1.82) is 0 Å². The molecule has 2 aromatic rings. The first-order valence-electron chi connectivity index (χ1n) is 6.85. The maximum Gasteiger partial charge on any atom is 0.197 e. The van der Waals surface area contributed by atoms with Gasteiger partial charge in [-0.25, -0.2) is 14.6 Å². The van der Waals surface area contributed by atoms with Crippen molar-refractivity contribution in [3.63, 3.8) is 0 Å². The Hall–Kier alpha value is -1.56. The molecule has 0 unspecified atom stereocenters. The van der Waals surface area contributed by atoms with Crippen molar-refractivity contribution >= 4 is 17.6 Å². The van der Waals surface area contributed by atoms with Gasteiger partial charge in [0.05, 0.1) is 5.69 Å². The fourth-order valence-corrected chi connectivity index (χ4v) is 3.30. The zero-order valence-corrected chi connectivity index (χ0v) is 12.9. The van der Waals surface area contributed by atoms with Gasteiger partial charge in [-0.2, -0.15) is 16.9 Å². The van der Waals surface area contributed by atoms with Gasteiger partial charge in [0.2, 0.25) is 0 Å². The van der Waals surface area contributed by atoms with E-state index in [4.69, 9.17) is 0 Å². The predicted octanol–water partition coefficient (Wildman–Crippen LogP) is 2.14. The fourth-order valence-electron chi connectivity index (χ4n) is 2.40. The minimum atomic E-state index is 0.841. The Morgan fingerprint density at radius 3 is 2.25 bits per heavy atom. The van der Waals surface area contributed by atoms with Crippen LogP contribution in [0, 0.1) is 20.8 Å². The molecule has 3 heterocycles. The van der Waals surface area contributed by atoms with Crippen molar-refractivity contribution in [2.45, 2.75) is 20.8 Å². The molecule has 1 aliphatic heterocycles. The van der Waals surface area contributed by atoms with E-state index in [2.05, 4.69) is 33.8 Å². The Kier molecular flexibility index (Phi) is 3.65. The molecule has 0 spiro atoms. The molecule has 20 heavy (non-hydrogen) atoms. The Bertz CT molecular complexity index is 616. The minimum Gasteiger partial charge on any atom is -0.352 e. The lowest BCUT2D eigenvalue weighted by molar-refractivity contribution is 0.767. The van der Waals surface area contributed by atoms with Crippen molar-refractivity contribution in [1.82, 2.24) is 19.7 Å². The number of anilines is 1. The molecule has 2 aromatic heterocycles. The summed E-state index contributed by atoms with van der Waals surface area (Å²) in [5.41, 5.74) is 3.40. The van der Waals surface area contributed by atoms with Gasteiger partial charge >= 0.3 is 0 Å². The van der Waals surface area contributed by atoms with Crippen molar-refractivity contribution < 1.29 is 0 Å². The maximum absolute atomic E-state index is 4.62. The summed E-state index contributed by atoms with van der Waals surface area (Å²) < 4.78 is 1.93. The fraction of sp³-hybridized carbons (Fsp3) is 0.500. The first-order chi connectivity index (χ1) is 9.68. The van der Waals surface area contributed by atoms with Crippen molar-refractivity contribution in [3.05, 3.63) is 29.3 Å². The molecular formula is C14H19N5S. The van der Waals surface area contributed by atoms with Crippen molar-refractivity contribution in [2.24, 2.45) is 0 Å². The molecule has 0 bridgehead atoms. The molecule has 3 rings (SSSR count). The van der Waals surface area contributed by atoms with E-state index in [9.17, 15) is 0 Å². The SMILES string of the molecule is Cc1nn(-c2nccnc2N2CCSCC2)c(C)c1C. The number of nitrogens with zero attached hydrogens (tertiary/aromatic N) is 5. The van der Waals surface area contributed by atoms with Crippen LogP contribution in [0.4, 0.5) is 5.82 Å². The molecule has 1 aliphatic rings. The van der Waals surface area contributed by atoms with Crippen LogP contribution in [0.1, 0.15) is 17.0 Å². The quantitative estimate of drug-likeness (QED) is 0.847. The van der Waals surface area contributed by atoms with E-state index in [1.54, 1.807) is 12.4 Å². The molecule has 106 valence electrons. The van der Waals surface area contributed by atoms with Crippen LogP contribution in [0.5, 0.6) is 0 Å². The van der Waals surface area contributed by atoms with Gasteiger partial charge in [0.15, 0.2) is 11.6 Å². The molecule has 0 amide bonds. The summed E-state index contributed by atoms with van der Waals surface area (Å²) in [6.45, 7) is 8.26. The lowest BCUT2D eigenvalue weighted by Crippen LogP contribution is -2.34. The zero-order chi connectivity index (χ0) is 14.1. The third-order valence-electron chi connectivity index (χ3n) is 3.82. The molecule has 6 heteroatoms. The van der Waals surface area contributed by atoms with E-state index in [0.29, 0.717) is 0 Å². The van der Waals surface area contributed by atoms with E-state index in [1.165, 1.54) is 5.56 Å². The standard InChI is InChI=1S/C14H19N5S/c1-10-11(2)17-19(12(10)3)14-13(15-4-5-16-14)18-6-8-20-9-7-18/h4-5H,6-9H2,1-3H3. The second-order valence-corrected chi connectivity index (χ2v) is 6.24. The van der Waals surface area contributed by atoms with E-state index in [0.717, 1.165) is 47.6 Å². The largest absolute Gasteiger partial charge is 0.352 e. The van der Waals surface area contributed by atoms with Crippen LogP contribution in [0.3, 0.4) is 0 Å². The van der Waals surface area contributed by atoms with Crippen LogP contribution in [-0.2, 0) is 0 Å². The number of aryl methyl sites for hydroxylation is 1. The predicted molar refractivity (Wildman–Crippen MR) is 82.9 cm³/mol. The monoisotopic (exact) mass is 289 g/mol. The summed E-state index contributed by atoms with van der Waals surface area (Å²) in [6, 6.07) is 0. The second kappa shape index (κ2) is 5.44. The molecule has 0 saturated carbocycles. The summed E-state index contributed by atoms with van der Waals surface area (Å²) >= 11 is 1.99. The van der Waals surface area contributed by atoms with E-state index >= 15 is 0 Å². The normalized spacial score (nSPS) is 15.7. The number of aromatic nitrogens is 4.